The Balaban J connectivity index is 2.34. The summed E-state index contributed by atoms with van der Waals surface area (Å²) in [5.41, 5.74) is 2.80. The lowest BCUT2D eigenvalue weighted by molar-refractivity contribution is -0.384. The third-order valence-corrected chi connectivity index (χ3v) is 7.20. The molecule has 0 atom stereocenters. The van der Waals surface area contributed by atoms with Crippen LogP contribution in [0.3, 0.4) is 0 Å². The van der Waals surface area contributed by atoms with E-state index in [4.69, 9.17) is 0 Å². The van der Waals surface area contributed by atoms with Crippen molar-refractivity contribution in [2.75, 3.05) is 18.5 Å². The number of hydrazone groups is 1. The van der Waals surface area contributed by atoms with Crippen LogP contribution in [0.15, 0.2) is 49.3 Å². The zero-order chi connectivity index (χ0) is 21.8. The van der Waals surface area contributed by atoms with Crippen LogP contribution < -0.4 is 5.43 Å². The van der Waals surface area contributed by atoms with Crippen molar-refractivity contribution in [3.8, 4) is 5.75 Å². The van der Waals surface area contributed by atoms with Crippen molar-refractivity contribution in [2.24, 2.45) is 5.10 Å². The van der Waals surface area contributed by atoms with E-state index in [0.29, 0.717) is 14.5 Å². The van der Waals surface area contributed by atoms with Crippen molar-refractivity contribution < 1.29 is 18.4 Å². The zero-order valence-electron chi connectivity index (χ0n) is 15.5. The van der Waals surface area contributed by atoms with Crippen LogP contribution in [-0.2, 0) is 10.0 Å². The van der Waals surface area contributed by atoms with E-state index in [1.54, 1.807) is 26.0 Å². The summed E-state index contributed by atoms with van der Waals surface area (Å²) in [4.78, 5) is 10.6. The van der Waals surface area contributed by atoms with Gasteiger partial charge in [-0.25, -0.2) is 8.42 Å². The minimum absolute atomic E-state index is 0.0377. The molecule has 0 fully saturated rings. The second kappa shape index (κ2) is 9.65. The number of phenols is 1. The molecule has 2 aromatic carbocycles. The second-order valence-electron chi connectivity index (χ2n) is 5.73. The number of hydrogen-bond acceptors (Lipinski definition) is 7. The molecule has 0 aliphatic heterocycles. The van der Waals surface area contributed by atoms with Crippen molar-refractivity contribution in [1.29, 1.82) is 0 Å². The van der Waals surface area contributed by atoms with Crippen LogP contribution in [0, 0.1) is 10.1 Å². The Morgan fingerprint density at radius 3 is 2.31 bits per heavy atom. The Labute approximate surface area is 184 Å². The first-order chi connectivity index (χ1) is 13.6. The van der Waals surface area contributed by atoms with Crippen LogP contribution in [-0.4, -0.2) is 42.1 Å². The van der Waals surface area contributed by atoms with Gasteiger partial charge in [0.25, 0.3) is 5.69 Å². The molecule has 2 N–H and O–H groups in total. The predicted molar refractivity (Wildman–Crippen MR) is 118 cm³/mol. The molecule has 0 bridgehead atoms. The highest BCUT2D eigenvalue weighted by Gasteiger charge is 2.25. The van der Waals surface area contributed by atoms with E-state index in [0.717, 1.165) is 6.07 Å². The molecule has 0 saturated carbocycles. The number of nitro groups is 1. The lowest BCUT2D eigenvalue weighted by Gasteiger charge is -2.18. The molecule has 0 saturated heterocycles. The van der Waals surface area contributed by atoms with Crippen LogP contribution in [0.1, 0.15) is 19.4 Å². The lowest BCUT2D eigenvalue weighted by Crippen LogP contribution is -2.30. The van der Waals surface area contributed by atoms with Crippen molar-refractivity contribution in [3.05, 3.63) is 55.0 Å². The van der Waals surface area contributed by atoms with E-state index in [2.05, 4.69) is 42.4 Å². The monoisotopic (exact) mass is 548 g/mol. The largest absolute Gasteiger partial charge is 0.506 e. The maximum atomic E-state index is 12.6. The topological polar surface area (TPSA) is 125 Å². The van der Waals surface area contributed by atoms with Crippen LogP contribution >= 0.6 is 31.9 Å². The number of phenolic OH excluding ortho intramolecular Hbond substituents is 1. The van der Waals surface area contributed by atoms with Crippen molar-refractivity contribution in [2.45, 2.75) is 18.7 Å². The lowest BCUT2D eigenvalue weighted by atomic mass is 10.2. The first kappa shape index (κ1) is 23.3. The molecule has 0 aliphatic carbocycles. The standard InChI is InChI=1S/C17H18Br2N4O5S/c1-3-22(4-2)29(27,28)12-5-6-15(16(9-12)23(25)26)21-20-10-11-7-13(18)17(24)14(19)8-11/h5-10,21,24H,3-4H2,1-2H3/b20-10-. The number of hydrogen-bond donors (Lipinski definition) is 2. The molecule has 0 radical (unpaired) electrons. The normalized spacial score (nSPS) is 11.9. The molecule has 156 valence electrons. The highest BCUT2D eigenvalue weighted by Crippen LogP contribution is 2.33. The molecular weight excluding hydrogens is 532 g/mol. The van der Waals surface area contributed by atoms with Gasteiger partial charge in [-0.05, 0) is 61.7 Å². The molecule has 0 aromatic heterocycles. The molecule has 2 aromatic rings. The quantitative estimate of drug-likeness (QED) is 0.287. The van der Waals surface area contributed by atoms with Gasteiger partial charge in [-0.3, -0.25) is 15.5 Å². The fourth-order valence-electron chi connectivity index (χ4n) is 2.47. The number of halogens is 2. The predicted octanol–water partition coefficient (Wildman–Crippen LogP) is 4.30. The Kier molecular flexibility index (Phi) is 7.74. The van der Waals surface area contributed by atoms with Gasteiger partial charge in [0.15, 0.2) is 0 Å². The molecule has 9 nitrogen and oxygen atoms in total. The minimum atomic E-state index is -3.82. The fourth-order valence-corrected chi connectivity index (χ4v) is 5.17. The maximum absolute atomic E-state index is 12.6. The van der Waals surface area contributed by atoms with Gasteiger partial charge in [0.2, 0.25) is 10.0 Å². The van der Waals surface area contributed by atoms with Crippen LogP contribution in [0.4, 0.5) is 11.4 Å². The van der Waals surface area contributed by atoms with E-state index in [1.165, 1.54) is 22.7 Å². The fraction of sp³-hybridized carbons (Fsp3) is 0.235. The molecule has 0 spiro atoms. The Morgan fingerprint density at radius 1 is 1.21 bits per heavy atom. The van der Waals surface area contributed by atoms with E-state index in [9.17, 15) is 23.6 Å². The number of sulfonamides is 1. The van der Waals surface area contributed by atoms with Crippen LogP contribution in [0.25, 0.3) is 0 Å². The number of nitrogens with zero attached hydrogens (tertiary/aromatic N) is 3. The summed E-state index contributed by atoms with van der Waals surface area (Å²) in [6, 6.07) is 6.83. The summed E-state index contributed by atoms with van der Waals surface area (Å²) in [7, 11) is -3.82. The van der Waals surface area contributed by atoms with Gasteiger partial charge in [0.05, 0.1) is 25.0 Å². The minimum Gasteiger partial charge on any atom is -0.506 e. The summed E-state index contributed by atoms with van der Waals surface area (Å²) in [6.45, 7) is 3.91. The average Bonchev–Trinajstić information content (AvgIpc) is 2.66. The summed E-state index contributed by atoms with van der Waals surface area (Å²) in [6.07, 6.45) is 1.40. The van der Waals surface area contributed by atoms with Crippen molar-refractivity contribution in [3.63, 3.8) is 0 Å². The number of rotatable bonds is 8. The van der Waals surface area contributed by atoms with E-state index in [-0.39, 0.29) is 29.4 Å². The number of anilines is 1. The van der Waals surface area contributed by atoms with Gasteiger partial charge < -0.3 is 5.11 Å². The molecule has 2 rings (SSSR count). The van der Waals surface area contributed by atoms with Crippen LogP contribution in [0.2, 0.25) is 0 Å². The zero-order valence-corrected chi connectivity index (χ0v) is 19.5. The maximum Gasteiger partial charge on any atom is 0.295 e. The highest BCUT2D eigenvalue weighted by molar-refractivity contribution is 9.11. The molecule has 12 heteroatoms. The van der Waals surface area contributed by atoms with Crippen molar-refractivity contribution >= 4 is 59.5 Å². The van der Waals surface area contributed by atoms with Gasteiger partial charge in [-0.15, -0.1) is 0 Å². The summed E-state index contributed by atoms with van der Waals surface area (Å²) in [5, 5.41) is 25.1. The van der Waals surface area contributed by atoms with E-state index in [1.807, 2.05) is 0 Å². The van der Waals surface area contributed by atoms with Gasteiger partial charge in [0, 0.05) is 19.2 Å². The molecule has 0 heterocycles. The molecular formula is C17H18Br2N4O5S. The molecule has 0 amide bonds. The SMILES string of the molecule is CCN(CC)S(=O)(=O)c1ccc(N/N=C\c2cc(Br)c(O)c(Br)c2)c([N+](=O)[O-])c1. The molecule has 0 aliphatic rings. The summed E-state index contributed by atoms with van der Waals surface area (Å²) < 4.78 is 27.3. The average molecular weight is 550 g/mol. The molecule has 0 unspecified atom stereocenters. The van der Waals surface area contributed by atoms with Gasteiger partial charge >= 0.3 is 0 Å². The Bertz CT molecular complexity index is 1030. The van der Waals surface area contributed by atoms with Gasteiger partial charge in [-0.1, -0.05) is 13.8 Å². The number of nitrogens with one attached hydrogen (secondary N) is 1. The number of benzene rings is 2. The summed E-state index contributed by atoms with van der Waals surface area (Å²) in [5.74, 6) is 0.0377. The van der Waals surface area contributed by atoms with Gasteiger partial charge in [-0.2, -0.15) is 9.41 Å². The Hall–Kier alpha value is -2.02. The van der Waals surface area contributed by atoms with Crippen LogP contribution in [0.5, 0.6) is 5.75 Å². The first-order valence-corrected chi connectivity index (χ1v) is 11.4. The summed E-state index contributed by atoms with van der Waals surface area (Å²) >= 11 is 6.40. The van der Waals surface area contributed by atoms with Gasteiger partial charge in [0.1, 0.15) is 11.4 Å². The second-order valence-corrected chi connectivity index (χ2v) is 9.38. The third-order valence-electron chi connectivity index (χ3n) is 3.95. The first-order valence-electron chi connectivity index (χ1n) is 8.37. The Morgan fingerprint density at radius 2 is 1.79 bits per heavy atom. The molecule has 29 heavy (non-hydrogen) atoms. The number of nitro benzene ring substituents is 1. The smallest absolute Gasteiger partial charge is 0.295 e. The number of aromatic hydroxyl groups is 1. The van der Waals surface area contributed by atoms with Crippen molar-refractivity contribution in [1.82, 2.24) is 4.31 Å². The highest BCUT2D eigenvalue weighted by atomic mass is 79.9. The third kappa shape index (κ3) is 5.32. The van der Waals surface area contributed by atoms with E-state index >= 15 is 0 Å². The van der Waals surface area contributed by atoms with E-state index < -0.39 is 20.6 Å².